The van der Waals surface area contributed by atoms with Crippen LogP contribution in [0.2, 0.25) is 0 Å². The topological polar surface area (TPSA) is 78.4 Å². The Kier molecular flexibility index (Phi) is 9.46. The van der Waals surface area contributed by atoms with Gasteiger partial charge in [-0.05, 0) is 38.9 Å². The van der Waals surface area contributed by atoms with Crippen LogP contribution in [0, 0.1) is 5.92 Å². The zero-order chi connectivity index (χ0) is 15.6. The van der Waals surface area contributed by atoms with Gasteiger partial charge in [0.2, 0.25) is 0 Å². The molecule has 0 aromatic carbocycles. The fourth-order valence-electron chi connectivity index (χ4n) is 1.70. The van der Waals surface area contributed by atoms with Crippen molar-refractivity contribution in [1.29, 1.82) is 0 Å². The summed E-state index contributed by atoms with van der Waals surface area (Å²) in [7, 11) is 0. The van der Waals surface area contributed by atoms with E-state index in [9.17, 15) is 9.59 Å². The van der Waals surface area contributed by atoms with E-state index < -0.39 is 5.97 Å². The van der Waals surface area contributed by atoms with E-state index in [0.29, 0.717) is 25.4 Å². The molecule has 0 heterocycles. The lowest BCUT2D eigenvalue weighted by molar-refractivity contribution is -0.137. The van der Waals surface area contributed by atoms with Crippen LogP contribution in [-0.4, -0.2) is 41.2 Å². The molecule has 0 radical (unpaired) electrons. The minimum atomic E-state index is -0.756. The third-order valence-corrected chi connectivity index (χ3v) is 4.66. The van der Waals surface area contributed by atoms with Crippen molar-refractivity contribution in [3.8, 4) is 0 Å². The van der Waals surface area contributed by atoms with Crippen LogP contribution in [0.1, 0.15) is 46.5 Å². The number of carboxylic acid groups (broad SMARTS) is 1. The highest BCUT2D eigenvalue weighted by atomic mass is 32.2. The van der Waals surface area contributed by atoms with E-state index in [1.807, 2.05) is 13.2 Å². The van der Waals surface area contributed by atoms with Gasteiger partial charge in [-0.15, -0.1) is 0 Å². The van der Waals surface area contributed by atoms with Gasteiger partial charge in [-0.2, -0.15) is 11.8 Å². The van der Waals surface area contributed by atoms with E-state index in [4.69, 9.17) is 5.11 Å². The lowest BCUT2D eigenvalue weighted by atomic mass is 9.97. The van der Waals surface area contributed by atoms with Crippen molar-refractivity contribution in [2.24, 2.45) is 5.92 Å². The van der Waals surface area contributed by atoms with Gasteiger partial charge in [-0.3, -0.25) is 4.79 Å². The number of hydrogen-bond donors (Lipinski definition) is 3. The molecule has 0 aromatic rings. The van der Waals surface area contributed by atoms with Crippen LogP contribution in [0.25, 0.3) is 0 Å². The average molecular weight is 304 g/mol. The van der Waals surface area contributed by atoms with Gasteiger partial charge in [0.15, 0.2) is 0 Å². The summed E-state index contributed by atoms with van der Waals surface area (Å²) in [6.45, 7) is 7.42. The van der Waals surface area contributed by atoms with Gasteiger partial charge >= 0.3 is 12.0 Å². The summed E-state index contributed by atoms with van der Waals surface area (Å²) < 4.78 is 0.0325. The number of amides is 2. The van der Waals surface area contributed by atoms with Crippen LogP contribution in [0.3, 0.4) is 0 Å². The molecule has 0 aliphatic rings. The van der Waals surface area contributed by atoms with Crippen molar-refractivity contribution in [1.82, 2.24) is 10.6 Å². The van der Waals surface area contributed by atoms with Gasteiger partial charge in [0.25, 0.3) is 0 Å². The largest absolute Gasteiger partial charge is 0.481 e. The predicted molar refractivity (Wildman–Crippen MR) is 84.3 cm³/mol. The second-order valence-electron chi connectivity index (χ2n) is 5.57. The van der Waals surface area contributed by atoms with Gasteiger partial charge in [-0.1, -0.05) is 13.3 Å². The maximum absolute atomic E-state index is 11.6. The summed E-state index contributed by atoms with van der Waals surface area (Å²) in [5.41, 5.74) is 0. The van der Waals surface area contributed by atoms with Crippen molar-refractivity contribution >= 4 is 23.8 Å². The zero-order valence-electron chi connectivity index (χ0n) is 13.0. The molecular weight excluding hydrogens is 276 g/mol. The molecule has 0 saturated carbocycles. The third-order valence-electron chi connectivity index (χ3n) is 3.41. The molecule has 118 valence electrons. The molecule has 20 heavy (non-hydrogen) atoms. The Labute approximate surface area is 126 Å². The molecule has 3 N–H and O–H groups in total. The Morgan fingerprint density at radius 2 is 1.90 bits per heavy atom. The van der Waals surface area contributed by atoms with Crippen molar-refractivity contribution in [3.63, 3.8) is 0 Å². The molecule has 0 rings (SSSR count). The number of rotatable bonds is 10. The summed E-state index contributed by atoms with van der Waals surface area (Å²) in [6, 6.07) is -0.153. The molecular formula is C14H28N2O3S. The number of aliphatic carboxylic acids is 1. The van der Waals surface area contributed by atoms with Gasteiger partial charge in [0.05, 0.1) is 0 Å². The Balaban J connectivity index is 3.81. The summed E-state index contributed by atoms with van der Waals surface area (Å²) in [6.07, 6.45) is 4.66. The minimum absolute atomic E-state index is 0.0325. The Morgan fingerprint density at radius 3 is 2.40 bits per heavy atom. The van der Waals surface area contributed by atoms with Gasteiger partial charge < -0.3 is 15.7 Å². The monoisotopic (exact) mass is 304 g/mol. The van der Waals surface area contributed by atoms with Crippen molar-refractivity contribution < 1.29 is 14.7 Å². The van der Waals surface area contributed by atoms with E-state index in [1.54, 1.807) is 11.8 Å². The summed E-state index contributed by atoms with van der Waals surface area (Å²) in [4.78, 5) is 22.1. The smallest absolute Gasteiger partial charge is 0.314 e. The maximum atomic E-state index is 11.6. The lowest BCUT2D eigenvalue weighted by Gasteiger charge is -2.22. The van der Waals surface area contributed by atoms with E-state index in [1.165, 1.54) is 0 Å². The first-order chi connectivity index (χ1) is 9.30. The summed E-state index contributed by atoms with van der Waals surface area (Å²) in [5.74, 6) is -0.400. The van der Waals surface area contributed by atoms with Crippen LogP contribution in [-0.2, 0) is 4.79 Å². The molecule has 5 nitrogen and oxygen atoms in total. The molecule has 0 spiro atoms. The minimum Gasteiger partial charge on any atom is -0.481 e. The van der Waals surface area contributed by atoms with E-state index in [2.05, 4.69) is 24.5 Å². The van der Waals surface area contributed by atoms with Gasteiger partial charge in [0.1, 0.15) is 0 Å². The van der Waals surface area contributed by atoms with Crippen LogP contribution >= 0.6 is 11.8 Å². The molecule has 0 saturated heterocycles. The van der Waals surface area contributed by atoms with Crippen LogP contribution < -0.4 is 10.6 Å². The Bertz CT molecular complexity index is 309. The Hall–Kier alpha value is -0.910. The highest BCUT2D eigenvalue weighted by Crippen LogP contribution is 2.19. The van der Waals surface area contributed by atoms with Crippen molar-refractivity contribution in [2.45, 2.75) is 51.2 Å². The SMILES string of the molecule is CCC(CCNC(=O)NCC(C)(C)SC)CCC(=O)O. The second kappa shape index (κ2) is 9.91. The standard InChI is InChI=1S/C14H28N2O3S/c1-5-11(6-7-12(17)18)8-9-15-13(19)16-10-14(2,3)20-4/h11H,5-10H2,1-4H3,(H,17,18)(H2,15,16,19). The summed E-state index contributed by atoms with van der Waals surface area (Å²) >= 11 is 1.71. The molecule has 2 amide bonds. The predicted octanol–water partition coefficient (Wildman–Crippen LogP) is 2.71. The van der Waals surface area contributed by atoms with Crippen LogP contribution in [0.5, 0.6) is 0 Å². The first-order valence-electron chi connectivity index (χ1n) is 7.09. The number of carbonyl (C=O) groups excluding carboxylic acids is 1. The van der Waals surface area contributed by atoms with Crippen molar-refractivity contribution in [3.05, 3.63) is 0 Å². The van der Waals surface area contributed by atoms with Gasteiger partial charge in [-0.25, -0.2) is 4.79 Å². The fourth-order valence-corrected chi connectivity index (χ4v) is 1.91. The van der Waals surface area contributed by atoms with Gasteiger partial charge in [0, 0.05) is 24.3 Å². The third kappa shape index (κ3) is 9.95. The van der Waals surface area contributed by atoms with Crippen LogP contribution in [0.15, 0.2) is 0 Å². The molecule has 1 unspecified atom stereocenters. The fraction of sp³-hybridized carbons (Fsp3) is 0.857. The number of carbonyl (C=O) groups is 2. The first-order valence-corrected chi connectivity index (χ1v) is 8.32. The number of urea groups is 1. The molecule has 0 aromatic heterocycles. The lowest BCUT2D eigenvalue weighted by Crippen LogP contribution is -2.42. The highest BCUT2D eigenvalue weighted by Gasteiger charge is 2.16. The molecule has 0 aliphatic heterocycles. The van der Waals surface area contributed by atoms with E-state index in [0.717, 1.165) is 12.8 Å². The first kappa shape index (κ1) is 19.1. The number of hydrogen-bond acceptors (Lipinski definition) is 3. The Morgan fingerprint density at radius 1 is 1.25 bits per heavy atom. The second-order valence-corrected chi connectivity index (χ2v) is 7.08. The van der Waals surface area contributed by atoms with Crippen molar-refractivity contribution in [2.75, 3.05) is 19.3 Å². The molecule has 0 aliphatic carbocycles. The summed E-state index contributed by atoms with van der Waals surface area (Å²) in [5, 5.41) is 14.3. The number of carboxylic acids is 1. The quantitative estimate of drug-likeness (QED) is 0.580. The maximum Gasteiger partial charge on any atom is 0.314 e. The molecule has 0 bridgehead atoms. The molecule has 0 fully saturated rings. The normalized spacial score (nSPS) is 12.8. The molecule has 1 atom stereocenters. The zero-order valence-corrected chi connectivity index (χ0v) is 13.8. The van der Waals surface area contributed by atoms with Crippen LogP contribution in [0.4, 0.5) is 4.79 Å². The average Bonchev–Trinajstić information content (AvgIpc) is 2.40. The van der Waals surface area contributed by atoms with E-state index >= 15 is 0 Å². The molecule has 6 heteroatoms. The highest BCUT2D eigenvalue weighted by molar-refractivity contribution is 7.99. The number of thioether (sulfide) groups is 1. The van der Waals surface area contributed by atoms with E-state index in [-0.39, 0.29) is 17.2 Å². The number of nitrogens with one attached hydrogen (secondary N) is 2.